The maximum absolute atomic E-state index is 11.5. The van der Waals surface area contributed by atoms with Crippen molar-refractivity contribution in [2.45, 2.75) is 24.2 Å². The van der Waals surface area contributed by atoms with Crippen LogP contribution in [0.15, 0.2) is 15.7 Å². The monoisotopic (exact) mass is 293 g/mol. The molecular formula is C10H15NO5S2. The van der Waals surface area contributed by atoms with Crippen LogP contribution in [0.2, 0.25) is 0 Å². The Morgan fingerprint density at radius 2 is 2.11 bits per heavy atom. The van der Waals surface area contributed by atoms with Crippen LogP contribution >= 0.6 is 11.3 Å². The minimum absolute atomic E-state index is 0.0621. The molecule has 0 fully saturated rings. The first kappa shape index (κ1) is 15.1. The smallest absolute Gasteiger partial charge is 0.339 e. The molecule has 0 radical (unpaired) electrons. The highest BCUT2D eigenvalue weighted by atomic mass is 32.2. The molecule has 0 saturated carbocycles. The molecule has 18 heavy (non-hydrogen) atoms. The Labute approximate surface area is 110 Å². The molecule has 2 N–H and O–H groups in total. The van der Waals surface area contributed by atoms with Gasteiger partial charge in [0.1, 0.15) is 10.8 Å². The number of thiophene rings is 1. The first-order valence-corrected chi connectivity index (χ1v) is 7.63. The Balaban J connectivity index is 2.50. The predicted molar refractivity (Wildman–Crippen MR) is 67.1 cm³/mol. The molecule has 0 spiro atoms. The van der Waals surface area contributed by atoms with E-state index in [1.165, 1.54) is 11.4 Å². The maximum Gasteiger partial charge on any atom is 0.339 e. The second kappa shape index (κ2) is 6.28. The second-order valence-corrected chi connectivity index (χ2v) is 6.45. The van der Waals surface area contributed by atoms with E-state index >= 15 is 0 Å². The largest absolute Gasteiger partial charge is 0.460 e. The Morgan fingerprint density at radius 1 is 1.44 bits per heavy atom. The number of carbonyl (C=O) groups excluding carboxylic acids is 1. The zero-order valence-corrected chi connectivity index (χ0v) is 11.7. The van der Waals surface area contributed by atoms with E-state index in [9.17, 15) is 13.2 Å². The van der Waals surface area contributed by atoms with Crippen LogP contribution in [-0.4, -0.2) is 33.7 Å². The molecule has 1 heterocycles. The number of hydrogen-bond donors (Lipinski definition) is 1. The Morgan fingerprint density at radius 3 is 2.61 bits per heavy atom. The van der Waals surface area contributed by atoms with E-state index in [2.05, 4.69) is 0 Å². The lowest BCUT2D eigenvalue weighted by Crippen LogP contribution is -2.13. The predicted octanol–water partition coefficient (Wildman–Crippen LogP) is 0.977. The lowest BCUT2D eigenvalue weighted by Gasteiger charge is -2.07. The van der Waals surface area contributed by atoms with Crippen LogP contribution in [0, 0.1) is 0 Å². The van der Waals surface area contributed by atoms with E-state index in [4.69, 9.17) is 14.6 Å². The maximum atomic E-state index is 11.5. The van der Waals surface area contributed by atoms with Crippen LogP contribution in [0.25, 0.3) is 0 Å². The SMILES string of the molecule is CC(C)OCCOC(=O)c1csc(S(N)(=O)=O)c1. The summed E-state index contributed by atoms with van der Waals surface area (Å²) in [5.41, 5.74) is 0.175. The molecule has 6 nitrogen and oxygen atoms in total. The highest BCUT2D eigenvalue weighted by Crippen LogP contribution is 2.19. The van der Waals surface area contributed by atoms with E-state index in [1.807, 2.05) is 13.8 Å². The fourth-order valence-corrected chi connectivity index (χ4v) is 2.65. The van der Waals surface area contributed by atoms with Gasteiger partial charge in [0.2, 0.25) is 10.0 Å². The zero-order chi connectivity index (χ0) is 13.8. The van der Waals surface area contributed by atoms with Crippen LogP contribution in [-0.2, 0) is 19.5 Å². The number of esters is 1. The van der Waals surface area contributed by atoms with Crippen molar-refractivity contribution in [2.75, 3.05) is 13.2 Å². The molecular weight excluding hydrogens is 278 g/mol. The highest BCUT2D eigenvalue weighted by molar-refractivity contribution is 7.91. The first-order valence-electron chi connectivity index (χ1n) is 5.21. The van der Waals surface area contributed by atoms with Crippen molar-refractivity contribution < 1.29 is 22.7 Å². The van der Waals surface area contributed by atoms with Gasteiger partial charge in [0, 0.05) is 5.38 Å². The fraction of sp³-hybridized carbons (Fsp3) is 0.500. The number of hydrogen-bond acceptors (Lipinski definition) is 6. The summed E-state index contributed by atoms with van der Waals surface area (Å²) in [6.45, 7) is 4.17. The van der Waals surface area contributed by atoms with Crippen molar-refractivity contribution in [1.82, 2.24) is 0 Å². The molecule has 1 aromatic heterocycles. The highest BCUT2D eigenvalue weighted by Gasteiger charge is 2.16. The van der Waals surface area contributed by atoms with E-state index in [1.54, 1.807) is 0 Å². The number of rotatable bonds is 6. The third kappa shape index (κ3) is 4.73. The van der Waals surface area contributed by atoms with E-state index in [0.29, 0.717) is 6.61 Å². The molecule has 0 aromatic carbocycles. The molecule has 0 atom stereocenters. The number of ether oxygens (including phenoxy) is 2. The van der Waals surface area contributed by atoms with Gasteiger partial charge in [0.05, 0.1) is 18.3 Å². The summed E-state index contributed by atoms with van der Waals surface area (Å²) < 4.78 is 32.1. The van der Waals surface area contributed by atoms with Gasteiger partial charge in [-0.2, -0.15) is 0 Å². The van der Waals surface area contributed by atoms with Crippen molar-refractivity contribution in [3.05, 3.63) is 17.0 Å². The lowest BCUT2D eigenvalue weighted by molar-refractivity contribution is 0.0177. The van der Waals surface area contributed by atoms with Gasteiger partial charge in [-0.05, 0) is 19.9 Å². The van der Waals surface area contributed by atoms with E-state index < -0.39 is 16.0 Å². The van der Waals surface area contributed by atoms with Crippen LogP contribution < -0.4 is 5.14 Å². The Hall–Kier alpha value is -0.960. The second-order valence-electron chi connectivity index (χ2n) is 3.75. The third-order valence-corrected chi connectivity index (χ3v) is 4.25. The van der Waals surface area contributed by atoms with Gasteiger partial charge < -0.3 is 9.47 Å². The summed E-state index contributed by atoms with van der Waals surface area (Å²) >= 11 is 0.884. The van der Waals surface area contributed by atoms with Crippen molar-refractivity contribution in [3.63, 3.8) is 0 Å². The standard InChI is InChI=1S/C10H15NO5S2/c1-7(2)15-3-4-16-10(12)8-5-9(17-6-8)18(11,13)14/h5-7H,3-4H2,1-2H3,(H2,11,13,14). The fourth-order valence-electron chi connectivity index (χ4n) is 1.07. The molecule has 0 aliphatic heterocycles. The molecule has 8 heteroatoms. The van der Waals surface area contributed by atoms with Crippen LogP contribution in [0.3, 0.4) is 0 Å². The lowest BCUT2D eigenvalue weighted by atomic mass is 10.3. The number of sulfonamides is 1. The van der Waals surface area contributed by atoms with Crippen LogP contribution in [0.1, 0.15) is 24.2 Å². The number of primary sulfonamides is 1. The number of carbonyl (C=O) groups is 1. The summed E-state index contributed by atoms with van der Waals surface area (Å²) in [7, 11) is -3.77. The number of nitrogens with two attached hydrogens (primary N) is 1. The van der Waals surface area contributed by atoms with Crippen molar-refractivity contribution in [2.24, 2.45) is 5.14 Å². The van der Waals surface area contributed by atoms with E-state index in [0.717, 1.165) is 11.3 Å². The average molecular weight is 293 g/mol. The van der Waals surface area contributed by atoms with Gasteiger partial charge in [-0.15, -0.1) is 11.3 Å². The molecule has 1 rings (SSSR count). The molecule has 0 aliphatic rings. The quantitative estimate of drug-likeness (QED) is 0.623. The Bertz CT molecular complexity index is 506. The normalized spacial score (nSPS) is 11.8. The van der Waals surface area contributed by atoms with Crippen molar-refractivity contribution in [3.8, 4) is 0 Å². The van der Waals surface area contributed by atoms with Gasteiger partial charge in [0.15, 0.2) is 0 Å². The summed E-state index contributed by atoms with van der Waals surface area (Å²) in [5.74, 6) is -0.589. The summed E-state index contributed by atoms with van der Waals surface area (Å²) in [4.78, 5) is 11.5. The molecule has 1 aromatic rings. The van der Waals surface area contributed by atoms with Gasteiger partial charge >= 0.3 is 5.97 Å². The van der Waals surface area contributed by atoms with Crippen molar-refractivity contribution in [1.29, 1.82) is 0 Å². The van der Waals surface area contributed by atoms with Gasteiger partial charge in [0.25, 0.3) is 0 Å². The summed E-state index contributed by atoms with van der Waals surface area (Å²) in [6.07, 6.45) is 0.0684. The van der Waals surface area contributed by atoms with E-state index in [-0.39, 0.29) is 22.5 Å². The summed E-state index contributed by atoms with van der Waals surface area (Å²) in [6, 6.07) is 1.20. The molecule has 0 aliphatic carbocycles. The van der Waals surface area contributed by atoms with Crippen molar-refractivity contribution >= 4 is 27.3 Å². The topological polar surface area (TPSA) is 95.7 Å². The van der Waals surface area contributed by atoms with Gasteiger partial charge in [-0.25, -0.2) is 18.4 Å². The molecule has 0 amide bonds. The minimum Gasteiger partial charge on any atom is -0.460 e. The first-order chi connectivity index (χ1) is 8.30. The summed E-state index contributed by atoms with van der Waals surface area (Å²) in [5, 5.41) is 6.33. The third-order valence-electron chi connectivity index (χ3n) is 1.86. The van der Waals surface area contributed by atoms with Gasteiger partial charge in [-0.1, -0.05) is 0 Å². The minimum atomic E-state index is -3.77. The van der Waals surface area contributed by atoms with Crippen LogP contribution in [0.4, 0.5) is 0 Å². The Kier molecular flexibility index (Phi) is 5.27. The molecule has 0 saturated heterocycles. The molecule has 102 valence electrons. The van der Waals surface area contributed by atoms with Crippen LogP contribution in [0.5, 0.6) is 0 Å². The molecule has 0 unspecified atom stereocenters. The van der Waals surface area contributed by atoms with Gasteiger partial charge in [-0.3, -0.25) is 0 Å². The molecule has 0 bridgehead atoms. The zero-order valence-electron chi connectivity index (χ0n) is 10.1. The average Bonchev–Trinajstić information content (AvgIpc) is 2.72.